The van der Waals surface area contributed by atoms with Gasteiger partial charge in [-0.15, -0.1) is 0 Å². The minimum atomic E-state index is -0.0182. The smallest absolute Gasteiger partial charge is 0.229 e. The van der Waals surface area contributed by atoms with Crippen LogP contribution >= 0.6 is 11.3 Å². The molecule has 90 valence electrons. The highest BCUT2D eigenvalue weighted by Gasteiger charge is 2.30. The van der Waals surface area contributed by atoms with Crippen molar-refractivity contribution >= 4 is 28.3 Å². The summed E-state index contributed by atoms with van der Waals surface area (Å²) in [5, 5.41) is 3.27. The van der Waals surface area contributed by atoms with Crippen LogP contribution in [0.25, 0.3) is 0 Å². The van der Waals surface area contributed by atoms with Crippen molar-refractivity contribution in [1.82, 2.24) is 10.3 Å². The van der Waals surface area contributed by atoms with Gasteiger partial charge < -0.3 is 5.73 Å². The number of nitrogens with two attached hydrogens (primary N) is 1. The molecule has 17 heavy (non-hydrogen) atoms. The molecule has 0 unspecified atom stereocenters. The third-order valence-corrected chi connectivity index (χ3v) is 4.05. The second-order valence-electron chi connectivity index (χ2n) is 4.48. The Hall–Kier alpha value is -1.43. The Labute approximate surface area is 103 Å². The number of carbonyl (C=O) groups excluding carboxylic acids is 1. The molecule has 0 atom stereocenters. The van der Waals surface area contributed by atoms with E-state index in [1.807, 2.05) is 0 Å². The average molecular weight is 250 g/mol. The monoisotopic (exact) mass is 250 g/mol. The minimum Gasteiger partial charge on any atom is -0.369 e. The number of thiazole rings is 1. The van der Waals surface area contributed by atoms with E-state index in [9.17, 15) is 4.79 Å². The zero-order valence-electron chi connectivity index (χ0n) is 9.40. The summed E-state index contributed by atoms with van der Waals surface area (Å²) in [4.78, 5) is 21.3. The molecule has 1 heterocycles. The Morgan fingerprint density at radius 2 is 2.29 bits per heavy atom. The van der Waals surface area contributed by atoms with Crippen molar-refractivity contribution in [2.75, 3.05) is 0 Å². The van der Waals surface area contributed by atoms with Gasteiger partial charge in [-0.2, -0.15) is 4.99 Å². The predicted molar refractivity (Wildman–Crippen MR) is 66.3 cm³/mol. The van der Waals surface area contributed by atoms with Gasteiger partial charge >= 0.3 is 0 Å². The van der Waals surface area contributed by atoms with Crippen LogP contribution in [0.4, 0.5) is 5.13 Å². The molecule has 6 heteroatoms. The molecule has 1 amide bonds. The highest BCUT2D eigenvalue weighted by molar-refractivity contribution is 7.15. The van der Waals surface area contributed by atoms with E-state index >= 15 is 0 Å². The second kappa shape index (κ2) is 4.10. The van der Waals surface area contributed by atoms with Crippen molar-refractivity contribution in [3.8, 4) is 0 Å². The summed E-state index contributed by atoms with van der Waals surface area (Å²) < 4.78 is 0. The number of carbonyl (C=O) groups is 1. The fraction of sp³-hybridized carbons (Fsp3) is 0.545. The Morgan fingerprint density at radius 1 is 1.47 bits per heavy atom. The van der Waals surface area contributed by atoms with Crippen LogP contribution in [0.15, 0.2) is 4.99 Å². The molecule has 0 saturated heterocycles. The van der Waals surface area contributed by atoms with Gasteiger partial charge in [-0.05, 0) is 32.1 Å². The second-order valence-corrected chi connectivity index (χ2v) is 5.54. The fourth-order valence-electron chi connectivity index (χ4n) is 1.93. The number of rotatable bonds is 2. The molecule has 0 radical (unpaired) electrons. The summed E-state index contributed by atoms with van der Waals surface area (Å²) in [5.41, 5.74) is 6.82. The number of nitrogens with zero attached hydrogens (tertiary/aromatic N) is 2. The van der Waals surface area contributed by atoms with Crippen LogP contribution in [-0.4, -0.2) is 16.9 Å². The maximum Gasteiger partial charge on any atom is 0.229 e. The van der Waals surface area contributed by atoms with Crippen LogP contribution in [0.5, 0.6) is 0 Å². The summed E-state index contributed by atoms with van der Waals surface area (Å²) in [6.07, 6.45) is 5.24. The van der Waals surface area contributed by atoms with E-state index < -0.39 is 0 Å². The number of aryl methyl sites for hydroxylation is 2. The summed E-state index contributed by atoms with van der Waals surface area (Å²) in [6.45, 7) is 0. The van der Waals surface area contributed by atoms with Crippen molar-refractivity contribution in [2.45, 2.75) is 32.1 Å². The predicted octanol–water partition coefficient (Wildman–Crippen LogP) is 1.10. The molecule has 0 spiro atoms. The van der Waals surface area contributed by atoms with Gasteiger partial charge in [0.1, 0.15) is 0 Å². The van der Waals surface area contributed by atoms with E-state index in [-0.39, 0.29) is 17.8 Å². The van der Waals surface area contributed by atoms with Crippen molar-refractivity contribution in [2.24, 2.45) is 16.6 Å². The first kappa shape index (κ1) is 10.7. The lowest BCUT2D eigenvalue weighted by Gasteiger charge is -2.00. The zero-order valence-corrected chi connectivity index (χ0v) is 10.2. The molecule has 2 aliphatic rings. The molecule has 0 bridgehead atoms. The molecule has 1 saturated carbocycles. The van der Waals surface area contributed by atoms with Gasteiger partial charge in [0.15, 0.2) is 0 Å². The molecule has 0 aromatic carbocycles. The molecule has 1 aromatic heterocycles. The maximum atomic E-state index is 11.5. The van der Waals surface area contributed by atoms with Crippen LogP contribution in [0.1, 0.15) is 29.8 Å². The molecule has 3 N–H and O–H groups in total. The van der Waals surface area contributed by atoms with Gasteiger partial charge in [-0.3, -0.25) is 10.1 Å². The van der Waals surface area contributed by atoms with Crippen molar-refractivity contribution in [3.63, 3.8) is 0 Å². The first-order chi connectivity index (χ1) is 8.22. The SMILES string of the molecule is N/C(=N\c1nc2c(s1)CCC2)NC(=O)C1CC1. The van der Waals surface area contributed by atoms with Gasteiger partial charge in [0.05, 0.1) is 5.69 Å². The van der Waals surface area contributed by atoms with Crippen molar-refractivity contribution in [1.29, 1.82) is 0 Å². The maximum absolute atomic E-state index is 11.5. The Morgan fingerprint density at radius 3 is 3.00 bits per heavy atom. The normalized spacial score (nSPS) is 19.2. The van der Waals surface area contributed by atoms with Gasteiger partial charge in [0.25, 0.3) is 0 Å². The Balaban J connectivity index is 1.68. The highest BCUT2D eigenvalue weighted by atomic mass is 32.1. The number of guanidine groups is 1. The summed E-state index contributed by atoms with van der Waals surface area (Å²) in [6, 6.07) is 0. The zero-order chi connectivity index (χ0) is 11.8. The quantitative estimate of drug-likeness (QED) is 0.609. The minimum absolute atomic E-state index is 0.0182. The van der Waals surface area contributed by atoms with Crippen molar-refractivity contribution in [3.05, 3.63) is 10.6 Å². The number of aliphatic imine (C=N–C) groups is 1. The van der Waals surface area contributed by atoms with Crippen molar-refractivity contribution < 1.29 is 4.79 Å². The van der Waals surface area contributed by atoms with E-state index in [1.165, 1.54) is 11.3 Å². The Kier molecular flexibility index (Phi) is 2.58. The third kappa shape index (κ3) is 2.31. The number of aromatic nitrogens is 1. The number of hydrogen-bond donors (Lipinski definition) is 2. The molecular formula is C11H14N4OS. The average Bonchev–Trinajstić information content (AvgIpc) is 2.92. The third-order valence-electron chi connectivity index (χ3n) is 3.00. The topological polar surface area (TPSA) is 80.4 Å². The first-order valence-corrected chi connectivity index (χ1v) is 6.67. The molecule has 2 aliphatic carbocycles. The van der Waals surface area contributed by atoms with Gasteiger partial charge in [-0.25, -0.2) is 4.98 Å². The van der Waals surface area contributed by atoms with Crippen LogP contribution in [0, 0.1) is 5.92 Å². The van der Waals surface area contributed by atoms with Gasteiger partial charge in [0.2, 0.25) is 17.0 Å². The first-order valence-electron chi connectivity index (χ1n) is 5.86. The van der Waals surface area contributed by atoms with Gasteiger partial charge in [-0.1, -0.05) is 11.3 Å². The van der Waals surface area contributed by atoms with Crippen LogP contribution < -0.4 is 11.1 Å². The van der Waals surface area contributed by atoms with Crippen LogP contribution in [0.3, 0.4) is 0 Å². The van der Waals surface area contributed by atoms with E-state index in [0.29, 0.717) is 5.13 Å². The number of nitrogens with one attached hydrogen (secondary N) is 1. The molecule has 3 rings (SSSR count). The van der Waals surface area contributed by atoms with Crippen LogP contribution in [0.2, 0.25) is 0 Å². The lowest BCUT2D eigenvalue weighted by atomic mass is 10.4. The van der Waals surface area contributed by atoms with E-state index in [2.05, 4.69) is 15.3 Å². The molecular weight excluding hydrogens is 236 g/mol. The van der Waals surface area contributed by atoms with E-state index in [1.54, 1.807) is 11.3 Å². The number of amides is 1. The lowest BCUT2D eigenvalue weighted by Crippen LogP contribution is -2.37. The fourth-order valence-corrected chi connectivity index (χ4v) is 2.96. The Bertz CT molecular complexity index is 468. The highest BCUT2D eigenvalue weighted by Crippen LogP contribution is 2.32. The van der Waals surface area contributed by atoms with E-state index in [0.717, 1.165) is 31.4 Å². The van der Waals surface area contributed by atoms with E-state index in [4.69, 9.17) is 5.73 Å². The number of fused-ring (bicyclic) bond motifs is 1. The lowest BCUT2D eigenvalue weighted by molar-refractivity contribution is -0.120. The molecule has 0 aliphatic heterocycles. The standard InChI is InChI=1S/C11H14N4OS/c12-10(14-9(16)6-4-5-6)15-11-13-7-2-1-3-8(7)17-11/h6H,1-5H2,(H3,12,13,14,15,16). The van der Waals surface area contributed by atoms with Gasteiger partial charge in [0, 0.05) is 10.8 Å². The summed E-state index contributed by atoms with van der Waals surface area (Å²) in [5.74, 6) is 0.287. The number of hydrogen-bond acceptors (Lipinski definition) is 4. The molecule has 1 aromatic rings. The largest absolute Gasteiger partial charge is 0.369 e. The summed E-state index contributed by atoms with van der Waals surface area (Å²) in [7, 11) is 0. The molecule has 1 fully saturated rings. The van der Waals surface area contributed by atoms with Crippen LogP contribution in [-0.2, 0) is 17.6 Å². The summed E-state index contributed by atoms with van der Waals surface area (Å²) >= 11 is 1.57. The molecule has 5 nitrogen and oxygen atoms in total.